The van der Waals surface area contributed by atoms with Gasteiger partial charge in [0.2, 0.25) is 0 Å². The van der Waals surface area contributed by atoms with Gasteiger partial charge < -0.3 is 24.4 Å². The van der Waals surface area contributed by atoms with Crippen LogP contribution in [0.25, 0.3) is 0 Å². The molecule has 27 heavy (non-hydrogen) atoms. The van der Waals surface area contributed by atoms with Crippen LogP contribution in [-0.2, 0) is 6.42 Å². The first-order chi connectivity index (χ1) is 13.0. The van der Waals surface area contributed by atoms with Gasteiger partial charge in [-0.1, -0.05) is 18.2 Å². The molecule has 0 saturated heterocycles. The number of para-hydroxylation sites is 1. The second-order valence-corrected chi connectivity index (χ2v) is 8.14. The van der Waals surface area contributed by atoms with Gasteiger partial charge in [0, 0.05) is 16.7 Å². The van der Waals surface area contributed by atoms with E-state index in [1.165, 1.54) is 9.13 Å². The molecule has 0 bridgehead atoms. The van der Waals surface area contributed by atoms with Gasteiger partial charge >= 0.3 is 7.05 Å². The van der Waals surface area contributed by atoms with Crippen molar-refractivity contribution in [2.75, 3.05) is 19.7 Å². The molecule has 144 valence electrons. The molecule has 2 aromatic carbocycles. The first-order valence-corrected chi connectivity index (χ1v) is 10.3. The number of aryl methyl sites for hydroxylation is 1. The van der Waals surface area contributed by atoms with Gasteiger partial charge in [0.25, 0.3) is 0 Å². The average Bonchev–Trinajstić information content (AvgIpc) is 2.66. The number of rotatable bonds is 8. The zero-order valence-corrected chi connectivity index (χ0v) is 17.6. The van der Waals surface area contributed by atoms with Crippen LogP contribution in [-0.4, -0.2) is 53.9 Å². The predicted octanol–water partition coefficient (Wildman–Crippen LogP) is 2.84. The molecule has 2 aromatic rings. The number of hydrogen-bond acceptors (Lipinski definition) is 5. The highest BCUT2D eigenvalue weighted by molar-refractivity contribution is 14.1. The molecule has 3 rings (SSSR count). The molecule has 1 aliphatic heterocycles. The molecule has 0 radical (unpaired) electrons. The van der Waals surface area contributed by atoms with Gasteiger partial charge in [0.15, 0.2) is 0 Å². The van der Waals surface area contributed by atoms with Crippen molar-refractivity contribution >= 4 is 29.6 Å². The summed E-state index contributed by atoms with van der Waals surface area (Å²) in [7, 11) is -0.668. The SMILES string of the molecule is CB(O)N(C[C@H](O)COc1ccccc1)C[C@H]1CCc2cc(I)ccc2O1. The van der Waals surface area contributed by atoms with E-state index >= 15 is 0 Å². The van der Waals surface area contributed by atoms with E-state index < -0.39 is 13.2 Å². The van der Waals surface area contributed by atoms with Crippen LogP contribution in [0.15, 0.2) is 48.5 Å². The zero-order chi connectivity index (χ0) is 19.2. The summed E-state index contributed by atoms with van der Waals surface area (Å²) in [6, 6.07) is 15.6. The fraction of sp³-hybridized carbons (Fsp3) is 0.400. The Morgan fingerprint density at radius 1 is 1.30 bits per heavy atom. The van der Waals surface area contributed by atoms with Gasteiger partial charge in [-0.2, -0.15) is 0 Å². The Balaban J connectivity index is 1.52. The Labute approximate surface area is 174 Å². The maximum Gasteiger partial charge on any atom is 0.376 e. The smallest absolute Gasteiger partial charge is 0.376 e. The van der Waals surface area contributed by atoms with Crippen LogP contribution in [0.5, 0.6) is 11.5 Å². The summed E-state index contributed by atoms with van der Waals surface area (Å²) in [5.41, 5.74) is 1.23. The molecule has 1 heterocycles. The summed E-state index contributed by atoms with van der Waals surface area (Å²) in [5.74, 6) is 1.65. The quantitative estimate of drug-likeness (QED) is 0.449. The topological polar surface area (TPSA) is 62.2 Å². The van der Waals surface area contributed by atoms with Gasteiger partial charge in [-0.05, 0) is 78.2 Å². The zero-order valence-electron chi connectivity index (χ0n) is 15.4. The molecule has 7 heteroatoms. The van der Waals surface area contributed by atoms with E-state index in [9.17, 15) is 10.1 Å². The Bertz CT molecular complexity index is 731. The number of aliphatic hydroxyl groups is 1. The number of nitrogens with zero attached hydrogens (tertiary/aromatic N) is 1. The van der Waals surface area contributed by atoms with Gasteiger partial charge in [-0.15, -0.1) is 0 Å². The van der Waals surface area contributed by atoms with Gasteiger partial charge in [0.1, 0.15) is 24.2 Å². The summed E-state index contributed by atoms with van der Waals surface area (Å²) >= 11 is 2.31. The number of ether oxygens (including phenoxy) is 2. The third-order valence-electron chi connectivity index (χ3n) is 4.65. The molecule has 2 atom stereocenters. The summed E-state index contributed by atoms with van der Waals surface area (Å²) in [5, 5.41) is 20.5. The number of aliphatic hydroxyl groups excluding tert-OH is 1. The van der Waals surface area contributed by atoms with Crippen molar-refractivity contribution in [2.45, 2.75) is 31.9 Å². The standard InChI is InChI=1S/C20H25BINO4/c1-21(25)23(12-17(24)14-26-18-5-3-2-4-6-18)13-19-9-7-15-11-16(22)8-10-20(15)27-19/h2-6,8,10-11,17,19,24-25H,7,9,12-14H2,1H3/t17-,19+/m0/s1. The molecule has 2 N–H and O–H groups in total. The molecule has 0 aromatic heterocycles. The Morgan fingerprint density at radius 2 is 2.07 bits per heavy atom. The third kappa shape index (κ3) is 6.10. The maximum atomic E-state index is 10.3. The summed E-state index contributed by atoms with van der Waals surface area (Å²) < 4.78 is 12.9. The fourth-order valence-corrected chi connectivity index (χ4v) is 3.77. The van der Waals surface area contributed by atoms with Crippen molar-refractivity contribution in [2.24, 2.45) is 0 Å². The first-order valence-electron chi connectivity index (χ1n) is 9.24. The summed E-state index contributed by atoms with van der Waals surface area (Å²) in [4.78, 5) is 1.83. The highest BCUT2D eigenvalue weighted by atomic mass is 127. The van der Waals surface area contributed by atoms with Crippen LogP contribution in [0.4, 0.5) is 0 Å². The minimum atomic E-state index is -0.697. The number of hydrogen-bond donors (Lipinski definition) is 2. The van der Waals surface area contributed by atoms with Gasteiger partial charge in [-0.3, -0.25) is 0 Å². The summed E-state index contributed by atoms with van der Waals surface area (Å²) in [6.45, 7) is 2.78. The number of halogens is 1. The molecule has 5 nitrogen and oxygen atoms in total. The van der Waals surface area contributed by atoms with E-state index in [2.05, 4.69) is 28.7 Å². The van der Waals surface area contributed by atoms with Crippen LogP contribution >= 0.6 is 22.6 Å². The first kappa shape index (κ1) is 20.4. The molecule has 0 spiro atoms. The third-order valence-corrected chi connectivity index (χ3v) is 5.32. The Hall–Kier alpha value is -1.29. The molecular weight excluding hydrogens is 456 g/mol. The molecule has 0 aliphatic carbocycles. The maximum absolute atomic E-state index is 10.3. The number of fused-ring (bicyclic) bond motifs is 1. The van der Waals surface area contributed by atoms with E-state index in [0.717, 1.165) is 24.3 Å². The molecule has 0 saturated carbocycles. The van der Waals surface area contributed by atoms with Gasteiger partial charge in [0.05, 0.1) is 6.10 Å². The van der Waals surface area contributed by atoms with E-state index in [1.807, 2.05) is 47.3 Å². The van der Waals surface area contributed by atoms with Crippen molar-refractivity contribution in [3.8, 4) is 11.5 Å². The normalized spacial score (nSPS) is 17.1. The molecule has 0 unspecified atom stereocenters. The Morgan fingerprint density at radius 3 is 2.81 bits per heavy atom. The lowest BCUT2D eigenvalue weighted by Gasteiger charge is -2.33. The van der Waals surface area contributed by atoms with Crippen LogP contribution in [0.1, 0.15) is 12.0 Å². The molecule has 0 fully saturated rings. The van der Waals surface area contributed by atoms with Crippen LogP contribution in [0.3, 0.4) is 0 Å². The van der Waals surface area contributed by atoms with E-state index in [1.54, 1.807) is 6.82 Å². The fourth-order valence-electron chi connectivity index (χ4n) is 3.22. The van der Waals surface area contributed by atoms with Gasteiger partial charge in [-0.25, -0.2) is 0 Å². The van der Waals surface area contributed by atoms with E-state index in [-0.39, 0.29) is 12.7 Å². The van der Waals surface area contributed by atoms with Crippen LogP contribution < -0.4 is 9.47 Å². The summed E-state index contributed by atoms with van der Waals surface area (Å²) in [6.07, 6.45) is 1.16. The number of benzene rings is 2. The largest absolute Gasteiger partial charge is 0.491 e. The van der Waals surface area contributed by atoms with Crippen molar-refractivity contribution < 1.29 is 19.6 Å². The highest BCUT2D eigenvalue weighted by Crippen LogP contribution is 2.29. The molecule has 1 aliphatic rings. The van der Waals surface area contributed by atoms with Crippen molar-refractivity contribution in [1.82, 2.24) is 4.81 Å². The minimum absolute atomic E-state index is 0.00518. The lowest BCUT2D eigenvalue weighted by molar-refractivity contribution is 0.0695. The van der Waals surface area contributed by atoms with Crippen molar-refractivity contribution in [3.63, 3.8) is 0 Å². The highest BCUT2D eigenvalue weighted by Gasteiger charge is 2.27. The second-order valence-electron chi connectivity index (χ2n) is 6.89. The van der Waals surface area contributed by atoms with Crippen LogP contribution in [0, 0.1) is 3.57 Å². The second kappa shape index (κ2) is 9.77. The molecular formula is C20H25BINO4. The van der Waals surface area contributed by atoms with Crippen molar-refractivity contribution in [1.29, 1.82) is 0 Å². The lowest BCUT2D eigenvalue weighted by Crippen LogP contribution is -2.48. The van der Waals surface area contributed by atoms with Crippen molar-refractivity contribution in [3.05, 3.63) is 57.7 Å². The monoisotopic (exact) mass is 481 g/mol. The Kier molecular flexibility index (Phi) is 7.40. The minimum Gasteiger partial charge on any atom is -0.491 e. The van der Waals surface area contributed by atoms with Crippen LogP contribution in [0.2, 0.25) is 6.82 Å². The molecule has 0 amide bonds. The predicted molar refractivity (Wildman–Crippen MR) is 115 cm³/mol. The van der Waals surface area contributed by atoms with E-state index in [4.69, 9.17) is 9.47 Å². The lowest BCUT2D eigenvalue weighted by atomic mass is 9.83. The van der Waals surface area contributed by atoms with E-state index in [0.29, 0.717) is 13.1 Å². The average molecular weight is 481 g/mol.